The Morgan fingerprint density at radius 1 is 1.04 bits per heavy atom. The van der Waals surface area contributed by atoms with Crippen LogP contribution in [-0.2, 0) is 6.54 Å². The Balaban J connectivity index is 1.21. The molecule has 1 aliphatic heterocycles. The minimum absolute atomic E-state index is 0.274. The monoisotopic (exact) mass is 395 g/mol. The third-order valence-electron chi connectivity index (χ3n) is 5.31. The van der Waals surface area contributed by atoms with Crippen molar-refractivity contribution in [1.82, 2.24) is 15.2 Å². The molecule has 3 heterocycles. The highest BCUT2D eigenvalue weighted by Gasteiger charge is 2.27. The Morgan fingerprint density at radius 2 is 1.82 bits per heavy atom. The number of likely N-dealkylation sites (tertiary alicyclic amines) is 1. The van der Waals surface area contributed by atoms with Gasteiger partial charge in [0.1, 0.15) is 5.82 Å². The number of hydrogen-bond acceptors (Lipinski definition) is 5. The topological polar surface area (TPSA) is 56.2 Å². The first kappa shape index (κ1) is 17.5. The van der Waals surface area contributed by atoms with E-state index in [2.05, 4.69) is 28.4 Å². The van der Waals surface area contributed by atoms with Gasteiger partial charge in [0.05, 0.1) is 28.3 Å². The zero-order valence-electron chi connectivity index (χ0n) is 15.3. The predicted molar refractivity (Wildman–Crippen MR) is 106 cm³/mol. The van der Waals surface area contributed by atoms with E-state index in [0.29, 0.717) is 17.7 Å². The smallest absolute Gasteiger partial charge is 0.271 e. The van der Waals surface area contributed by atoms with E-state index in [1.54, 1.807) is 12.1 Å². The number of benzene rings is 2. The number of nitrogens with one attached hydrogen (secondary N) is 1. The van der Waals surface area contributed by atoms with E-state index >= 15 is 0 Å². The molecule has 0 atom stereocenters. The van der Waals surface area contributed by atoms with Gasteiger partial charge in [-0.05, 0) is 36.4 Å². The Hall–Kier alpha value is -2.64. The number of para-hydroxylation sites is 1. The fraction of sp³-hybridized carbons (Fsp3) is 0.286. The average Bonchev–Trinajstić information content (AvgIpc) is 3.36. The van der Waals surface area contributed by atoms with Crippen molar-refractivity contribution in [2.24, 2.45) is 0 Å². The molecular weight excluding hydrogens is 375 g/mol. The van der Waals surface area contributed by atoms with Gasteiger partial charge in [-0.1, -0.05) is 12.1 Å². The van der Waals surface area contributed by atoms with Crippen LogP contribution in [-0.4, -0.2) is 28.3 Å². The van der Waals surface area contributed by atoms with Gasteiger partial charge in [0, 0.05) is 24.3 Å². The highest BCUT2D eigenvalue weighted by molar-refractivity contribution is 7.18. The summed E-state index contributed by atoms with van der Waals surface area (Å²) in [6, 6.07) is 14.5. The standard InChI is InChI=1S/C21H19FN4OS/c22-16-7-5-14(6-8-16)20-25-24-19(27-20)13-26-11-9-15(10-12-26)21-23-17-3-1-2-4-18(17)28-21/h1-8,15H,9-13H2/p+1. The van der Waals surface area contributed by atoms with Crippen LogP contribution in [0.25, 0.3) is 21.7 Å². The summed E-state index contributed by atoms with van der Waals surface area (Å²) in [5, 5.41) is 9.54. The van der Waals surface area contributed by atoms with Crippen molar-refractivity contribution in [2.45, 2.75) is 25.3 Å². The summed E-state index contributed by atoms with van der Waals surface area (Å²) in [6.07, 6.45) is 2.24. The highest BCUT2D eigenvalue weighted by atomic mass is 32.1. The van der Waals surface area contributed by atoms with E-state index in [1.807, 2.05) is 17.4 Å². The second-order valence-corrected chi connectivity index (χ2v) is 8.29. The minimum Gasteiger partial charge on any atom is -0.415 e. The van der Waals surface area contributed by atoms with Crippen LogP contribution in [0.2, 0.25) is 0 Å². The number of halogens is 1. The van der Waals surface area contributed by atoms with Crippen molar-refractivity contribution >= 4 is 21.6 Å². The summed E-state index contributed by atoms with van der Waals surface area (Å²) >= 11 is 1.82. The third-order valence-corrected chi connectivity index (χ3v) is 6.51. The first-order valence-electron chi connectivity index (χ1n) is 9.52. The molecule has 142 valence electrons. The van der Waals surface area contributed by atoms with Gasteiger partial charge in [-0.2, -0.15) is 0 Å². The summed E-state index contributed by atoms with van der Waals surface area (Å²) in [5.74, 6) is 1.34. The molecule has 0 amide bonds. The molecule has 28 heavy (non-hydrogen) atoms. The molecule has 0 aliphatic carbocycles. The van der Waals surface area contributed by atoms with Crippen LogP contribution in [0.4, 0.5) is 4.39 Å². The van der Waals surface area contributed by atoms with Crippen LogP contribution in [0.3, 0.4) is 0 Å². The summed E-state index contributed by atoms with van der Waals surface area (Å²) in [4.78, 5) is 6.28. The Bertz CT molecular complexity index is 1050. The van der Waals surface area contributed by atoms with Crippen molar-refractivity contribution in [3.63, 3.8) is 0 Å². The molecule has 1 N–H and O–H groups in total. The normalized spacial score (nSPS) is 19.9. The lowest BCUT2D eigenvalue weighted by molar-refractivity contribution is -0.920. The fourth-order valence-electron chi connectivity index (χ4n) is 3.76. The molecular formula is C21H20FN4OS+. The van der Waals surface area contributed by atoms with Crippen molar-refractivity contribution in [2.75, 3.05) is 13.1 Å². The third kappa shape index (κ3) is 3.55. The minimum atomic E-state index is -0.274. The zero-order valence-corrected chi connectivity index (χ0v) is 16.1. The Morgan fingerprint density at radius 3 is 2.61 bits per heavy atom. The van der Waals surface area contributed by atoms with Gasteiger partial charge in [-0.15, -0.1) is 21.5 Å². The molecule has 5 nitrogen and oxygen atoms in total. The second-order valence-electron chi connectivity index (χ2n) is 7.23. The van der Waals surface area contributed by atoms with E-state index in [1.165, 1.54) is 26.7 Å². The molecule has 1 fully saturated rings. The number of quaternary nitrogens is 1. The maximum Gasteiger partial charge on any atom is 0.271 e. The van der Waals surface area contributed by atoms with Crippen molar-refractivity contribution in [1.29, 1.82) is 0 Å². The van der Waals surface area contributed by atoms with Crippen LogP contribution < -0.4 is 4.90 Å². The van der Waals surface area contributed by atoms with Gasteiger partial charge in [-0.3, -0.25) is 0 Å². The largest absolute Gasteiger partial charge is 0.415 e. The molecule has 2 aromatic heterocycles. The summed E-state index contributed by atoms with van der Waals surface area (Å²) < 4.78 is 20.1. The molecule has 1 aliphatic rings. The quantitative estimate of drug-likeness (QED) is 0.575. The fourth-order valence-corrected chi connectivity index (χ4v) is 4.90. The summed E-state index contributed by atoms with van der Waals surface area (Å²) in [5.41, 5.74) is 1.85. The van der Waals surface area contributed by atoms with Gasteiger partial charge >= 0.3 is 0 Å². The maximum absolute atomic E-state index is 13.1. The zero-order chi connectivity index (χ0) is 18.9. The number of nitrogens with zero attached hydrogens (tertiary/aromatic N) is 3. The van der Waals surface area contributed by atoms with E-state index in [-0.39, 0.29) is 5.82 Å². The lowest BCUT2D eigenvalue weighted by Crippen LogP contribution is -3.11. The van der Waals surface area contributed by atoms with Crippen LogP contribution in [0.5, 0.6) is 0 Å². The molecule has 7 heteroatoms. The number of rotatable bonds is 4. The lowest BCUT2D eigenvalue weighted by Gasteiger charge is -2.27. The van der Waals surface area contributed by atoms with Crippen LogP contribution in [0.1, 0.15) is 29.7 Å². The highest BCUT2D eigenvalue weighted by Crippen LogP contribution is 2.31. The van der Waals surface area contributed by atoms with Crippen LogP contribution >= 0.6 is 11.3 Å². The number of piperidine rings is 1. The molecule has 0 radical (unpaired) electrons. The van der Waals surface area contributed by atoms with Crippen LogP contribution in [0, 0.1) is 5.82 Å². The van der Waals surface area contributed by atoms with E-state index in [0.717, 1.165) is 43.6 Å². The van der Waals surface area contributed by atoms with Crippen LogP contribution in [0.15, 0.2) is 52.9 Å². The average molecular weight is 395 g/mol. The number of fused-ring (bicyclic) bond motifs is 1. The van der Waals surface area contributed by atoms with Crippen molar-refractivity contribution in [3.8, 4) is 11.5 Å². The molecule has 2 aromatic carbocycles. The number of thiazole rings is 1. The van der Waals surface area contributed by atoms with E-state index in [4.69, 9.17) is 9.40 Å². The van der Waals surface area contributed by atoms with Gasteiger partial charge in [-0.25, -0.2) is 9.37 Å². The van der Waals surface area contributed by atoms with E-state index < -0.39 is 0 Å². The molecule has 0 unspecified atom stereocenters. The van der Waals surface area contributed by atoms with Crippen molar-refractivity contribution in [3.05, 3.63) is 65.2 Å². The first-order chi connectivity index (χ1) is 13.7. The van der Waals surface area contributed by atoms with Gasteiger partial charge in [0.25, 0.3) is 5.89 Å². The SMILES string of the molecule is Fc1ccc(-c2nnc(C[NH+]3CCC(c4nc5ccccc5s4)CC3)o2)cc1. The number of hydrogen-bond donors (Lipinski definition) is 1. The Kier molecular flexibility index (Phi) is 4.62. The molecule has 5 rings (SSSR count). The van der Waals surface area contributed by atoms with Gasteiger partial charge < -0.3 is 9.32 Å². The van der Waals surface area contributed by atoms with E-state index in [9.17, 15) is 4.39 Å². The molecule has 0 spiro atoms. The lowest BCUT2D eigenvalue weighted by atomic mass is 9.97. The molecule has 1 saturated heterocycles. The predicted octanol–water partition coefficient (Wildman–Crippen LogP) is 3.45. The molecule has 4 aromatic rings. The summed E-state index contributed by atoms with van der Waals surface area (Å²) in [6.45, 7) is 2.85. The first-order valence-corrected chi connectivity index (χ1v) is 10.3. The molecule has 0 bridgehead atoms. The number of aromatic nitrogens is 3. The van der Waals surface area contributed by atoms with Crippen molar-refractivity contribution < 1.29 is 13.7 Å². The second kappa shape index (κ2) is 7.41. The Labute approximate surface area is 165 Å². The maximum atomic E-state index is 13.1. The van der Waals surface area contributed by atoms with Gasteiger partial charge in [0.2, 0.25) is 5.89 Å². The van der Waals surface area contributed by atoms with Gasteiger partial charge in [0.15, 0.2) is 6.54 Å². The summed E-state index contributed by atoms with van der Waals surface area (Å²) in [7, 11) is 0. The molecule has 0 saturated carbocycles.